The Kier molecular flexibility index (Phi) is 5.25. The first-order chi connectivity index (χ1) is 8.70. The summed E-state index contributed by atoms with van der Waals surface area (Å²) in [5, 5.41) is 0. The van der Waals surface area contributed by atoms with Crippen molar-refractivity contribution in [2.24, 2.45) is 0 Å². The fraction of sp³-hybridized carbons (Fsp3) is 0.647. The van der Waals surface area contributed by atoms with Gasteiger partial charge >= 0.3 is 0 Å². The predicted molar refractivity (Wildman–Crippen MR) is 86.4 cm³/mol. The molecule has 0 unspecified atom stereocenters. The Morgan fingerprint density at radius 2 is 1.21 bits per heavy atom. The maximum atomic E-state index is 6.67. The standard InChI is InChI=1S/C17H29OSi/c1-12(2)19(13(3)4,14(5)6)18-17-10-15(7)9-16(8)11-17/h10-14H,1-8H3. The average Bonchev–Trinajstić information content (AvgIpc) is 2.22. The van der Waals surface area contributed by atoms with Crippen molar-refractivity contribution < 1.29 is 4.43 Å². The molecule has 0 aromatic heterocycles. The van der Waals surface area contributed by atoms with E-state index in [9.17, 15) is 0 Å². The van der Waals surface area contributed by atoms with E-state index in [2.05, 4.69) is 73.6 Å². The summed E-state index contributed by atoms with van der Waals surface area (Å²) in [6, 6.07) is 7.57. The molecule has 0 fully saturated rings. The first kappa shape index (κ1) is 16.3. The molecule has 0 atom stereocenters. The van der Waals surface area contributed by atoms with Crippen LogP contribution >= 0.6 is 0 Å². The highest BCUT2D eigenvalue weighted by Gasteiger charge is 2.46. The van der Waals surface area contributed by atoms with Crippen LogP contribution in [0.5, 0.6) is 5.75 Å². The van der Waals surface area contributed by atoms with Crippen LogP contribution in [0.4, 0.5) is 0 Å². The van der Waals surface area contributed by atoms with Gasteiger partial charge in [0.25, 0.3) is 8.32 Å². The number of hydrogen-bond acceptors (Lipinski definition) is 1. The van der Waals surface area contributed by atoms with E-state index >= 15 is 0 Å². The Hall–Kier alpha value is -0.763. The van der Waals surface area contributed by atoms with Crippen molar-refractivity contribution in [3.05, 3.63) is 29.3 Å². The van der Waals surface area contributed by atoms with E-state index in [-0.39, 0.29) is 0 Å². The second kappa shape index (κ2) is 6.13. The first-order valence-corrected chi connectivity index (χ1v) is 9.53. The van der Waals surface area contributed by atoms with Gasteiger partial charge in [0, 0.05) is 0 Å². The van der Waals surface area contributed by atoms with Gasteiger partial charge in [0.15, 0.2) is 0 Å². The zero-order chi connectivity index (χ0) is 14.8. The van der Waals surface area contributed by atoms with Gasteiger partial charge in [0.05, 0.1) is 0 Å². The largest absolute Gasteiger partial charge is 0.543 e. The molecule has 0 aliphatic rings. The van der Waals surface area contributed by atoms with Crippen LogP contribution in [0, 0.1) is 19.9 Å². The molecule has 1 nitrogen and oxygen atoms in total. The molecule has 1 radical (unpaired) electrons. The SMILES string of the molecule is Cc1[c]c(C)cc(O[Si](C(C)C)(C(C)C)C(C)C)c1. The van der Waals surface area contributed by atoms with Gasteiger partial charge in [-0.2, -0.15) is 0 Å². The Morgan fingerprint density at radius 1 is 0.842 bits per heavy atom. The van der Waals surface area contributed by atoms with Gasteiger partial charge in [-0.25, -0.2) is 0 Å². The van der Waals surface area contributed by atoms with Gasteiger partial charge < -0.3 is 4.43 Å². The predicted octanol–water partition coefficient (Wildman–Crippen LogP) is 5.66. The zero-order valence-electron chi connectivity index (χ0n) is 13.8. The highest BCUT2D eigenvalue weighted by molar-refractivity contribution is 6.78. The number of hydrogen-bond donors (Lipinski definition) is 0. The summed E-state index contributed by atoms with van der Waals surface area (Å²) in [6.07, 6.45) is 0. The summed E-state index contributed by atoms with van der Waals surface area (Å²) in [5.74, 6) is 1.04. The molecule has 0 amide bonds. The van der Waals surface area contributed by atoms with E-state index in [0.717, 1.165) is 16.9 Å². The summed E-state index contributed by atoms with van der Waals surface area (Å²) in [5.41, 5.74) is 4.15. The molecular formula is C17H29OSi. The van der Waals surface area contributed by atoms with Crippen molar-refractivity contribution >= 4 is 8.32 Å². The Bertz CT molecular complexity index is 379. The summed E-state index contributed by atoms with van der Waals surface area (Å²) < 4.78 is 6.67. The van der Waals surface area contributed by atoms with E-state index in [1.165, 1.54) is 0 Å². The maximum Gasteiger partial charge on any atom is 0.258 e. The Balaban J connectivity index is 3.20. The van der Waals surface area contributed by atoms with Gasteiger partial charge in [-0.15, -0.1) is 0 Å². The van der Waals surface area contributed by atoms with Crippen LogP contribution in [0.15, 0.2) is 12.1 Å². The fourth-order valence-corrected chi connectivity index (χ4v) is 8.70. The molecule has 0 spiro atoms. The summed E-state index contributed by atoms with van der Waals surface area (Å²) in [4.78, 5) is 0. The number of benzene rings is 1. The molecule has 0 aliphatic heterocycles. The topological polar surface area (TPSA) is 9.23 Å². The van der Waals surface area contributed by atoms with Crippen LogP contribution in [0.1, 0.15) is 52.7 Å². The van der Waals surface area contributed by atoms with Crippen LogP contribution in [0.25, 0.3) is 0 Å². The smallest absolute Gasteiger partial charge is 0.258 e. The van der Waals surface area contributed by atoms with Crippen molar-refractivity contribution in [2.45, 2.75) is 72.0 Å². The average molecular weight is 278 g/mol. The molecule has 0 heterocycles. The molecular weight excluding hydrogens is 248 g/mol. The lowest BCUT2D eigenvalue weighted by Crippen LogP contribution is -2.50. The molecule has 1 aromatic carbocycles. The van der Waals surface area contributed by atoms with Crippen LogP contribution < -0.4 is 4.43 Å². The monoisotopic (exact) mass is 277 g/mol. The second-order valence-corrected chi connectivity index (χ2v) is 12.0. The quantitative estimate of drug-likeness (QED) is 0.631. The fourth-order valence-electron chi connectivity index (χ4n) is 3.47. The van der Waals surface area contributed by atoms with Crippen molar-refractivity contribution in [3.63, 3.8) is 0 Å². The van der Waals surface area contributed by atoms with Crippen molar-refractivity contribution in [3.8, 4) is 5.75 Å². The lowest BCUT2D eigenvalue weighted by atomic mass is 10.1. The summed E-state index contributed by atoms with van der Waals surface area (Å²) >= 11 is 0. The van der Waals surface area contributed by atoms with Gasteiger partial charge in [0.2, 0.25) is 0 Å². The minimum Gasteiger partial charge on any atom is -0.543 e. The second-order valence-electron chi connectivity index (χ2n) is 6.60. The first-order valence-electron chi connectivity index (χ1n) is 7.39. The van der Waals surface area contributed by atoms with E-state index < -0.39 is 8.32 Å². The van der Waals surface area contributed by atoms with Gasteiger partial charge in [-0.1, -0.05) is 41.5 Å². The third-order valence-corrected chi connectivity index (χ3v) is 10.1. The van der Waals surface area contributed by atoms with Crippen molar-refractivity contribution in [1.82, 2.24) is 0 Å². The van der Waals surface area contributed by atoms with E-state index in [4.69, 9.17) is 4.43 Å². The lowest BCUT2D eigenvalue weighted by molar-refractivity contribution is 0.479. The maximum absolute atomic E-state index is 6.67. The van der Waals surface area contributed by atoms with Gasteiger partial charge in [-0.3, -0.25) is 0 Å². The molecule has 0 aliphatic carbocycles. The van der Waals surface area contributed by atoms with Gasteiger partial charge in [0.1, 0.15) is 5.75 Å². The molecule has 19 heavy (non-hydrogen) atoms. The van der Waals surface area contributed by atoms with Crippen molar-refractivity contribution in [2.75, 3.05) is 0 Å². The minimum absolute atomic E-state index is 0.609. The number of rotatable bonds is 5. The normalized spacial score (nSPS) is 12.6. The molecule has 0 N–H and O–H groups in total. The van der Waals surface area contributed by atoms with E-state index in [1.54, 1.807) is 0 Å². The molecule has 1 rings (SSSR count). The molecule has 0 saturated carbocycles. The Labute approximate surface area is 120 Å². The Morgan fingerprint density at radius 3 is 1.53 bits per heavy atom. The third-order valence-electron chi connectivity index (χ3n) is 4.11. The summed E-state index contributed by atoms with van der Waals surface area (Å²) in [6.45, 7) is 18.1. The minimum atomic E-state index is -1.83. The molecule has 0 saturated heterocycles. The molecule has 1 aromatic rings. The highest BCUT2D eigenvalue weighted by atomic mass is 28.4. The molecule has 0 bridgehead atoms. The lowest BCUT2D eigenvalue weighted by Gasteiger charge is -2.42. The zero-order valence-corrected chi connectivity index (χ0v) is 14.8. The van der Waals surface area contributed by atoms with Crippen molar-refractivity contribution in [1.29, 1.82) is 0 Å². The van der Waals surface area contributed by atoms with Crippen LogP contribution in [0.2, 0.25) is 16.6 Å². The molecule has 2 heteroatoms. The van der Waals surface area contributed by atoms with Crippen LogP contribution in [-0.4, -0.2) is 8.32 Å². The van der Waals surface area contributed by atoms with E-state index in [1.807, 2.05) is 0 Å². The number of aryl methyl sites for hydroxylation is 2. The third kappa shape index (κ3) is 3.41. The molecule has 107 valence electrons. The van der Waals surface area contributed by atoms with Gasteiger partial charge in [-0.05, 0) is 59.8 Å². The van der Waals surface area contributed by atoms with Crippen LogP contribution in [0.3, 0.4) is 0 Å². The summed E-state index contributed by atoms with van der Waals surface area (Å²) in [7, 11) is -1.83. The van der Waals surface area contributed by atoms with Crippen LogP contribution in [-0.2, 0) is 0 Å². The van der Waals surface area contributed by atoms with E-state index in [0.29, 0.717) is 16.6 Å². The highest BCUT2D eigenvalue weighted by Crippen LogP contribution is 2.42.